The second-order valence-corrected chi connectivity index (χ2v) is 9.85. The first-order valence-electron chi connectivity index (χ1n) is 12.0. The molecule has 2 N–H and O–H groups in total. The van der Waals surface area contributed by atoms with E-state index >= 15 is 0 Å². The molecule has 2 aromatic rings. The molecule has 0 aliphatic carbocycles. The molecule has 0 spiro atoms. The molecule has 3 amide bonds. The van der Waals surface area contributed by atoms with E-state index in [4.69, 9.17) is 10.5 Å². The van der Waals surface area contributed by atoms with E-state index in [9.17, 15) is 14.4 Å². The van der Waals surface area contributed by atoms with Crippen LogP contribution in [0.4, 0.5) is 10.5 Å². The quantitative estimate of drug-likeness (QED) is 0.625. The van der Waals surface area contributed by atoms with Crippen LogP contribution in [0.2, 0.25) is 0 Å². The van der Waals surface area contributed by atoms with Crippen molar-refractivity contribution in [1.29, 1.82) is 0 Å². The number of benzene rings is 2. The van der Waals surface area contributed by atoms with Gasteiger partial charge in [0.1, 0.15) is 5.60 Å². The second kappa shape index (κ2) is 11.8. The van der Waals surface area contributed by atoms with Crippen molar-refractivity contribution in [3.63, 3.8) is 0 Å². The van der Waals surface area contributed by atoms with Crippen LogP contribution in [0.5, 0.6) is 0 Å². The minimum absolute atomic E-state index is 0.0110. The van der Waals surface area contributed by atoms with E-state index in [1.54, 1.807) is 9.80 Å². The van der Waals surface area contributed by atoms with Crippen LogP contribution in [0, 0.1) is 0 Å². The highest BCUT2D eigenvalue weighted by molar-refractivity contribution is 5.95. The van der Waals surface area contributed by atoms with Gasteiger partial charge < -0.3 is 20.3 Å². The highest BCUT2D eigenvalue weighted by Crippen LogP contribution is 2.22. The highest BCUT2D eigenvalue weighted by Gasteiger charge is 2.35. The smallest absolute Gasteiger partial charge is 0.410 e. The average molecular weight is 481 g/mol. The van der Waals surface area contributed by atoms with Crippen molar-refractivity contribution in [3.8, 4) is 0 Å². The van der Waals surface area contributed by atoms with E-state index in [1.165, 1.54) is 5.56 Å². The first kappa shape index (κ1) is 26.2. The van der Waals surface area contributed by atoms with E-state index < -0.39 is 11.5 Å². The monoisotopic (exact) mass is 480 g/mol. The highest BCUT2D eigenvalue weighted by atomic mass is 16.6. The summed E-state index contributed by atoms with van der Waals surface area (Å²) in [5, 5.41) is 0. The third kappa shape index (κ3) is 8.10. The topological polar surface area (TPSA) is 96.2 Å². The first-order valence-corrected chi connectivity index (χ1v) is 12.0. The summed E-state index contributed by atoms with van der Waals surface area (Å²) in [5.74, 6) is -0.729. The van der Waals surface area contributed by atoms with Gasteiger partial charge in [-0.1, -0.05) is 48.5 Å². The number of carbonyl (C=O) groups is 3. The number of nitrogens with two attached hydrogens (primary N) is 1. The summed E-state index contributed by atoms with van der Waals surface area (Å²) in [7, 11) is 0. The van der Waals surface area contributed by atoms with Crippen LogP contribution in [0.25, 0.3) is 0 Å². The largest absolute Gasteiger partial charge is 0.444 e. The van der Waals surface area contributed by atoms with Crippen LogP contribution < -0.4 is 10.6 Å². The molecule has 1 heterocycles. The number of para-hydroxylation sites is 1. The zero-order chi connectivity index (χ0) is 25.4. The molecule has 8 nitrogen and oxygen atoms in total. The number of ether oxygens (including phenoxy) is 1. The number of primary amides is 1. The lowest BCUT2D eigenvalue weighted by Crippen LogP contribution is -2.59. The number of anilines is 1. The minimum atomic E-state index is -0.626. The Morgan fingerprint density at radius 1 is 0.971 bits per heavy atom. The molecule has 0 radical (unpaired) electrons. The number of piperazine rings is 1. The van der Waals surface area contributed by atoms with Crippen LogP contribution in [0.1, 0.15) is 39.2 Å². The summed E-state index contributed by atoms with van der Waals surface area (Å²) < 4.78 is 5.69. The molecular weight excluding hydrogens is 444 g/mol. The Kier molecular flexibility index (Phi) is 8.87. The van der Waals surface area contributed by atoms with Crippen molar-refractivity contribution < 1.29 is 19.1 Å². The Labute approximate surface area is 207 Å². The van der Waals surface area contributed by atoms with E-state index in [0.29, 0.717) is 25.3 Å². The Hall–Kier alpha value is -3.39. The molecule has 0 saturated carbocycles. The van der Waals surface area contributed by atoms with Crippen molar-refractivity contribution in [2.75, 3.05) is 31.1 Å². The molecule has 0 bridgehead atoms. The second-order valence-electron chi connectivity index (χ2n) is 9.85. The van der Waals surface area contributed by atoms with Gasteiger partial charge in [0.2, 0.25) is 11.8 Å². The van der Waals surface area contributed by atoms with Crippen LogP contribution >= 0.6 is 0 Å². The van der Waals surface area contributed by atoms with E-state index in [-0.39, 0.29) is 37.4 Å². The summed E-state index contributed by atoms with van der Waals surface area (Å²) in [4.78, 5) is 43.3. The molecule has 1 saturated heterocycles. The molecule has 188 valence electrons. The summed E-state index contributed by atoms with van der Waals surface area (Å²) >= 11 is 0. The lowest BCUT2D eigenvalue weighted by Gasteiger charge is -2.43. The van der Waals surface area contributed by atoms with Crippen LogP contribution in [-0.4, -0.2) is 65.5 Å². The van der Waals surface area contributed by atoms with Gasteiger partial charge >= 0.3 is 6.09 Å². The molecule has 2 aromatic carbocycles. The maximum absolute atomic E-state index is 13.2. The molecule has 1 fully saturated rings. The van der Waals surface area contributed by atoms with Crippen molar-refractivity contribution in [2.45, 2.75) is 51.8 Å². The SMILES string of the molecule is CC(C)(C)OC(=O)N1CCN(Cc2ccccc2)C[C@H]1CN(C(=O)CCC(N)=O)c1ccccc1. The van der Waals surface area contributed by atoms with Gasteiger partial charge in [-0.25, -0.2) is 4.79 Å². The fourth-order valence-electron chi connectivity index (χ4n) is 4.16. The van der Waals surface area contributed by atoms with Crippen LogP contribution in [-0.2, 0) is 20.9 Å². The van der Waals surface area contributed by atoms with Gasteiger partial charge in [-0.15, -0.1) is 0 Å². The van der Waals surface area contributed by atoms with E-state index in [1.807, 2.05) is 69.3 Å². The molecular formula is C27H36N4O4. The fourth-order valence-corrected chi connectivity index (χ4v) is 4.16. The average Bonchev–Trinajstić information content (AvgIpc) is 2.81. The van der Waals surface area contributed by atoms with Gasteiger partial charge in [0, 0.05) is 51.3 Å². The normalized spacial score (nSPS) is 16.5. The van der Waals surface area contributed by atoms with Gasteiger partial charge in [0.15, 0.2) is 0 Å². The Morgan fingerprint density at radius 3 is 2.20 bits per heavy atom. The predicted octanol–water partition coefficient (Wildman–Crippen LogP) is 3.41. The molecule has 1 aliphatic rings. The lowest BCUT2D eigenvalue weighted by molar-refractivity contribution is -0.123. The standard InChI is InChI=1S/C27H36N4O4/c1-27(2,3)35-26(34)30-17-16-29(18-21-10-6-4-7-11-21)19-23(30)20-31(22-12-8-5-9-13-22)25(33)15-14-24(28)32/h4-13,23H,14-20H2,1-3H3,(H2,28,32)/t23-/m0/s1. The van der Waals surface area contributed by atoms with Crippen molar-refractivity contribution in [1.82, 2.24) is 9.80 Å². The molecule has 3 rings (SSSR count). The lowest BCUT2D eigenvalue weighted by atomic mass is 10.1. The predicted molar refractivity (Wildman–Crippen MR) is 136 cm³/mol. The molecule has 0 aromatic heterocycles. The van der Waals surface area contributed by atoms with E-state index in [2.05, 4.69) is 17.0 Å². The number of amides is 3. The van der Waals surface area contributed by atoms with Crippen LogP contribution in [0.15, 0.2) is 60.7 Å². The van der Waals surface area contributed by atoms with E-state index in [0.717, 1.165) is 6.54 Å². The van der Waals surface area contributed by atoms with Gasteiger partial charge in [-0.2, -0.15) is 0 Å². The van der Waals surface area contributed by atoms with Gasteiger partial charge in [-0.05, 0) is 38.5 Å². The molecule has 1 aliphatic heterocycles. The fraction of sp³-hybridized carbons (Fsp3) is 0.444. The van der Waals surface area contributed by atoms with Gasteiger partial charge in [-0.3, -0.25) is 14.5 Å². The summed E-state index contributed by atoms with van der Waals surface area (Å²) in [6.45, 7) is 8.34. The molecule has 0 unspecified atom stereocenters. The number of hydrogen-bond acceptors (Lipinski definition) is 5. The number of carbonyl (C=O) groups excluding carboxylic acids is 3. The molecule has 1 atom stereocenters. The zero-order valence-electron chi connectivity index (χ0n) is 20.9. The van der Waals surface area contributed by atoms with Crippen molar-refractivity contribution in [2.24, 2.45) is 5.73 Å². The molecule has 35 heavy (non-hydrogen) atoms. The Bertz CT molecular complexity index is 991. The Balaban J connectivity index is 1.84. The summed E-state index contributed by atoms with van der Waals surface area (Å²) in [5.41, 5.74) is 6.57. The van der Waals surface area contributed by atoms with Gasteiger partial charge in [0.05, 0.1) is 6.04 Å². The van der Waals surface area contributed by atoms with Crippen LogP contribution in [0.3, 0.4) is 0 Å². The zero-order valence-corrected chi connectivity index (χ0v) is 20.9. The number of rotatable bonds is 8. The third-order valence-corrected chi connectivity index (χ3v) is 5.79. The van der Waals surface area contributed by atoms with Gasteiger partial charge in [0.25, 0.3) is 0 Å². The number of hydrogen-bond donors (Lipinski definition) is 1. The Morgan fingerprint density at radius 2 is 1.60 bits per heavy atom. The maximum Gasteiger partial charge on any atom is 0.410 e. The summed E-state index contributed by atoms with van der Waals surface area (Å²) in [6.07, 6.45) is -0.403. The van der Waals surface area contributed by atoms with Crippen molar-refractivity contribution in [3.05, 3.63) is 66.2 Å². The summed E-state index contributed by atoms with van der Waals surface area (Å²) in [6, 6.07) is 19.2. The maximum atomic E-state index is 13.2. The third-order valence-electron chi connectivity index (χ3n) is 5.79. The first-order chi connectivity index (χ1) is 16.6. The number of nitrogens with zero attached hydrogens (tertiary/aromatic N) is 3. The molecule has 8 heteroatoms. The minimum Gasteiger partial charge on any atom is -0.444 e. The van der Waals surface area contributed by atoms with Crippen molar-refractivity contribution >= 4 is 23.6 Å².